The van der Waals surface area contributed by atoms with Crippen LogP contribution >= 0.6 is 0 Å². The number of amides is 1. The first-order chi connectivity index (χ1) is 6.99. The number of anilines is 1. The Morgan fingerprint density at radius 1 is 1.53 bits per heavy atom. The lowest BCUT2D eigenvalue weighted by Crippen LogP contribution is -2.30. The van der Waals surface area contributed by atoms with E-state index in [4.69, 9.17) is 10.8 Å². The molecule has 0 aromatic heterocycles. The summed E-state index contributed by atoms with van der Waals surface area (Å²) in [6, 6.07) is 5.17. The summed E-state index contributed by atoms with van der Waals surface area (Å²) in [5, 5.41) is 11.6. The summed E-state index contributed by atoms with van der Waals surface area (Å²) in [5.41, 5.74) is 7.65. The Morgan fingerprint density at radius 2 is 2.20 bits per heavy atom. The molecule has 15 heavy (non-hydrogen) atoms. The monoisotopic (exact) mass is 208 g/mol. The molecule has 0 saturated carbocycles. The zero-order chi connectivity index (χ0) is 11.4. The molecule has 4 heteroatoms. The predicted octanol–water partition coefficient (Wildman–Crippen LogP) is 0.688. The normalized spacial score (nSPS) is 12.2. The highest BCUT2D eigenvalue weighted by molar-refractivity contribution is 5.95. The maximum absolute atomic E-state index is 11.6. The quantitative estimate of drug-likeness (QED) is 0.640. The Bertz CT molecular complexity index is 341. The van der Waals surface area contributed by atoms with Gasteiger partial charge in [0.1, 0.15) is 0 Å². The van der Waals surface area contributed by atoms with Gasteiger partial charge in [-0.05, 0) is 37.6 Å². The largest absolute Gasteiger partial charge is 0.399 e. The molecule has 4 nitrogen and oxygen atoms in total. The van der Waals surface area contributed by atoms with Crippen LogP contribution in [-0.4, -0.2) is 23.7 Å². The molecule has 0 spiro atoms. The predicted molar refractivity (Wildman–Crippen MR) is 59.6 cm³/mol. The molecule has 1 atom stereocenters. The summed E-state index contributed by atoms with van der Waals surface area (Å²) < 4.78 is 0. The lowest BCUT2D eigenvalue weighted by Gasteiger charge is -2.08. The second-order valence-electron chi connectivity index (χ2n) is 3.69. The van der Waals surface area contributed by atoms with Gasteiger partial charge >= 0.3 is 0 Å². The van der Waals surface area contributed by atoms with Crippen molar-refractivity contribution in [1.29, 1.82) is 0 Å². The smallest absolute Gasteiger partial charge is 0.251 e. The lowest BCUT2D eigenvalue weighted by molar-refractivity contribution is 0.0924. The summed E-state index contributed by atoms with van der Waals surface area (Å²) >= 11 is 0. The van der Waals surface area contributed by atoms with Crippen molar-refractivity contribution in [3.05, 3.63) is 29.3 Å². The van der Waals surface area contributed by atoms with E-state index < -0.39 is 6.10 Å². The second kappa shape index (κ2) is 4.79. The van der Waals surface area contributed by atoms with Gasteiger partial charge in [-0.25, -0.2) is 0 Å². The Labute approximate surface area is 89.1 Å². The molecule has 0 aliphatic heterocycles. The van der Waals surface area contributed by atoms with Gasteiger partial charge < -0.3 is 16.2 Å². The SMILES string of the molecule is Cc1cc(N)cc(C(=O)NCC(C)O)c1. The maximum Gasteiger partial charge on any atom is 0.251 e. The van der Waals surface area contributed by atoms with Gasteiger partial charge in [0.25, 0.3) is 5.91 Å². The van der Waals surface area contributed by atoms with Crippen LogP contribution in [0.25, 0.3) is 0 Å². The minimum atomic E-state index is -0.545. The Kier molecular flexibility index (Phi) is 3.68. The van der Waals surface area contributed by atoms with Gasteiger partial charge in [0.2, 0.25) is 0 Å². The molecular formula is C11H16N2O2. The molecule has 0 fully saturated rings. The van der Waals surface area contributed by atoms with Gasteiger partial charge in [0, 0.05) is 17.8 Å². The van der Waals surface area contributed by atoms with Crippen LogP contribution in [0.4, 0.5) is 5.69 Å². The van der Waals surface area contributed by atoms with E-state index >= 15 is 0 Å². The Balaban J connectivity index is 2.73. The zero-order valence-corrected chi connectivity index (χ0v) is 8.95. The number of aliphatic hydroxyl groups is 1. The van der Waals surface area contributed by atoms with Crippen molar-refractivity contribution in [2.24, 2.45) is 0 Å². The van der Waals surface area contributed by atoms with E-state index in [1.54, 1.807) is 25.1 Å². The van der Waals surface area contributed by atoms with Gasteiger partial charge in [-0.15, -0.1) is 0 Å². The Morgan fingerprint density at radius 3 is 2.73 bits per heavy atom. The van der Waals surface area contributed by atoms with Crippen LogP contribution in [-0.2, 0) is 0 Å². The third-order valence-corrected chi connectivity index (χ3v) is 1.92. The number of nitrogens with two attached hydrogens (primary N) is 1. The van der Waals surface area contributed by atoms with Crippen molar-refractivity contribution >= 4 is 11.6 Å². The number of carbonyl (C=O) groups excluding carboxylic acids is 1. The van der Waals surface area contributed by atoms with Crippen molar-refractivity contribution in [3.8, 4) is 0 Å². The number of nitrogens with one attached hydrogen (secondary N) is 1. The van der Waals surface area contributed by atoms with Gasteiger partial charge in [-0.2, -0.15) is 0 Å². The van der Waals surface area contributed by atoms with E-state index in [-0.39, 0.29) is 12.5 Å². The van der Waals surface area contributed by atoms with Crippen molar-refractivity contribution in [2.75, 3.05) is 12.3 Å². The minimum absolute atomic E-state index is 0.216. The molecule has 1 rings (SSSR count). The van der Waals surface area contributed by atoms with Crippen molar-refractivity contribution < 1.29 is 9.90 Å². The van der Waals surface area contributed by atoms with Gasteiger partial charge in [0.05, 0.1) is 6.10 Å². The number of hydrogen-bond acceptors (Lipinski definition) is 3. The van der Waals surface area contributed by atoms with Crippen LogP contribution < -0.4 is 11.1 Å². The van der Waals surface area contributed by atoms with Gasteiger partial charge in [-0.3, -0.25) is 4.79 Å². The van der Waals surface area contributed by atoms with Gasteiger partial charge in [0.15, 0.2) is 0 Å². The summed E-state index contributed by atoms with van der Waals surface area (Å²) in [5.74, 6) is -0.216. The highest BCUT2D eigenvalue weighted by Crippen LogP contribution is 2.10. The minimum Gasteiger partial charge on any atom is -0.399 e. The zero-order valence-electron chi connectivity index (χ0n) is 8.95. The molecular weight excluding hydrogens is 192 g/mol. The first-order valence-electron chi connectivity index (χ1n) is 4.82. The van der Waals surface area contributed by atoms with E-state index in [1.807, 2.05) is 6.92 Å². The molecule has 0 saturated heterocycles. The summed E-state index contributed by atoms with van der Waals surface area (Å²) in [7, 11) is 0. The molecule has 0 aliphatic rings. The highest BCUT2D eigenvalue weighted by atomic mass is 16.3. The summed E-state index contributed by atoms with van der Waals surface area (Å²) in [6.07, 6.45) is -0.545. The number of hydrogen-bond donors (Lipinski definition) is 3. The lowest BCUT2D eigenvalue weighted by atomic mass is 10.1. The third-order valence-electron chi connectivity index (χ3n) is 1.92. The number of carbonyl (C=O) groups is 1. The number of benzene rings is 1. The molecule has 0 aliphatic carbocycles. The molecule has 4 N–H and O–H groups in total. The van der Waals surface area contributed by atoms with Crippen LogP contribution in [0.2, 0.25) is 0 Å². The average Bonchev–Trinajstić information content (AvgIpc) is 2.12. The fraction of sp³-hybridized carbons (Fsp3) is 0.364. The van der Waals surface area contributed by atoms with Crippen LogP contribution in [0.15, 0.2) is 18.2 Å². The van der Waals surface area contributed by atoms with E-state index in [0.29, 0.717) is 11.3 Å². The maximum atomic E-state index is 11.6. The molecule has 1 aromatic carbocycles. The summed E-state index contributed by atoms with van der Waals surface area (Å²) in [6.45, 7) is 3.74. The molecule has 82 valence electrons. The first kappa shape index (κ1) is 11.5. The first-order valence-corrected chi connectivity index (χ1v) is 4.82. The fourth-order valence-corrected chi connectivity index (χ4v) is 1.29. The van der Waals surface area contributed by atoms with Crippen LogP contribution in [0.5, 0.6) is 0 Å². The number of aryl methyl sites for hydroxylation is 1. The Hall–Kier alpha value is -1.55. The van der Waals surface area contributed by atoms with E-state index in [1.165, 1.54) is 0 Å². The molecule has 1 unspecified atom stereocenters. The standard InChI is InChI=1S/C11H16N2O2/c1-7-3-9(5-10(12)4-7)11(15)13-6-8(2)14/h3-5,8,14H,6,12H2,1-2H3,(H,13,15). The molecule has 0 radical (unpaired) electrons. The molecule has 1 amide bonds. The van der Waals surface area contributed by atoms with Gasteiger partial charge in [-0.1, -0.05) is 0 Å². The number of nitrogen functional groups attached to an aromatic ring is 1. The van der Waals surface area contributed by atoms with E-state index in [0.717, 1.165) is 5.56 Å². The average molecular weight is 208 g/mol. The van der Waals surface area contributed by atoms with Crippen LogP contribution in [0, 0.1) is 6.92 Å². The highest BCUT2D eigenvalue weighted by Gasteiger charge is 2.07. The van der Waals surface area contributed by atoms with Crippen molar-refractivity contribution in [3.63, 3.8) is 0 Å². The van der Waals surface area contributed by atoms with E-state index in [2.05, 4.69) is 5.32 Å². The molecule has 0 heterocycles. The number of aliphatic hydroxyl groups excluding tert-OH is 1. The van der Waals surface area contributed by atoms with E-state index in [9.17, 15) is 4.79 Å². The summed E-state index contributed by atoms with van der Waals surface area (Å²) in [4.78, 5) is 11.6. The van der Waals surface area contributed by atoms with Crippen LogP contribution in [0.3, 0.4) is 0 Å². The molecule has 0 bridgehead atoms. The van der Waals surface area contributed by atoms with Crippen molar-refractivity contribution in [1.82, 2.24) is 5.32 Å². The van der Waals surface area contributed by atoms with Crippen LogP contribution in [0.1, 0.15) is 22.8 Å². The topological polar surface area (TPSA) is 75.4 Å². The van der Waals surface area contributed by atoms with Crippen molar-refractivity contribution in [2.45, 2.75) is 20.0 Å². The third kappa shape index (κ3) is 3.59. The fourth-order valence-electron chi connectivity index (χ4n) is 1.29. The number of rotatable bonds is 3. The molecule has 1 aromatic rings. The second-order valence-corrected chi connectivity index (χ2v) is 3.69.